The minimum absolute atomic E-state index is 0.00192. The van der Waals surface area contributed by atoms with Gasteiger partial charge in [-0.2, -0.15) is 41.4 Å². The van der Waals surface area contributed by atoms with Crippen LogP contribution in [0.3, 0.4) is 0 Å². The molecule has 1 saturated carbocycles. The molecule has 11 nitrogen and oxygen atoms in total. The molecule has 2 aromatic heterocycles. The minimum Gasteiger partial charge on any atom is -0.481 e. The summed E-state index contributed by atoms with van der Waals surface area (Å²) in [7, 11) is 1.66. The Bertz CT molecular complexity index is 2160. The predicted octanol–water partition coefficient (Wildman–Crippen LogP) is 7.34. The summed E-state index contributed by atoms with van der Waals surface area (Å²) in [4.78, 5) is 27.9. The first kappa shape index (κ1) is 39.2. The number of ether oxygens (including phenoxy) is 3. The Morgan fingerprint density at radius 2 is 1.70 bits per heavy atom. The van der Waals surface area contributed by atoms with Gasteiger partial charge < -0.3 is 28.9 Å². The van der Waals surface area contributed by atoms with E-state index in [-0.39, 0.29) is 47.8 Å². The maximum absolute atomic E-state index is 14.1. The average Bonchev–Trinajstić information content (AvgIpc) is 3.90. The maximum Gasteiger partial charge on any atom is 0.422 e. The minimum atomic E-state index is -4.80. The number of halogens is 6. The summed E-state index contributed by atoms with van der Waals surface area (Å²) in [5.41, 5.74) is 2.09. The fourth-order valence-corrected chi connectivity index (χ4v) is 8.59. The average molecular weight is 802 g/mol. The van der Waals surface area contributed by atoms with E-state index < -0.39 is 30.4 Å². The number of aromatic amines is 1. The van der Waals surface area contributed by atoms with Crippen LogP contribution in [0.2, 0.25) is 0 Å². The molecule has 3 aliphatic heterocycles. The number of amides is 1. The number of alkyl halides is 6. The molecule has 0 radical (unpaired) electrons. The first-order valence-electron chi connectivity index (χ1n) is 19.3. The molecule has 2 aromatic carbocycles. The van der Waals surface area contributed by atoms with Crippen molar-refractivity contribution in [1.29, 1.82) is 0 Å². The molecule has 5 heterocycles. The molecule has 0 atom stereocenters. The van der Waals surface area contributed by atoms with Gasteiger partial charge in [0.25, 0.3) is 5.91 Å². The Hall–Kier alpha value is -4.64. The van der Waals surface area contributed by atoms with Gasteiger partial charge in [0, 0.05) is 74.7 Å². The Morgan fingerprint density at radius 1 is 0.982 bits per heavy atom. The van der Waals surface area contributed by atoms with Gasteiger partial charge in [0.1, 0.15) is 23.0 Å². The largest absolute Gasteiger partial charge is 0.481 e. The molecule has 1 spiro atoms. The summed E-state index contributed by atoms with van der Waals surface area (Å²) in [5.74, 6) is -0.554. The van der Waals surface area contributed by atoms with E-state index in [1.165, 1.54) is 4.90 Å². The molecule has 306 valence electrons. The van der Waals surface area contributed by atoms with Gasteiger partial charge in [0.15, 0.2) is 12.4 Å². The van der Waals surface area contributed by atoms with Crippen molar-refractivity contribution in [2.75, 3.05) is 71.0 Å². The molecule has 8 rings (SSSR count). The number of carbonyl (C=O) groups is 1. The van der Waals surface area contributed by atoms with Gasteiger partial charge in [-0.1, -0.05) is 12.6 Å². The summed E-state index contributed by atoms with van der Waals surface area (Å²) < 4.78 is 99.5. The highest BCUT2D eigenvalue weighted by atomic mass is 19.4. The topological polar surface area (TPSA) is 109 Å². The summed E-state index contributed by atoms with van der Waals surface area (Å²) in [6.45, 7) is 7.51. The van der Waals surface area contributed by atoms with Crippen LogP contribution in [0, 0.1) is 12.3 Å². The zero-order valence-electron chi connectivity index (χ0n) is 31.9. The van der Waals surface area contributed by atoms with Crippen molar-refractivity contribution in [1.82, 2.24) is 30.0 Å². The van der Waals surface area contributed by atoms with E-state index in [0.717, 1.165) is 54.5 Å². The monoisotopic (exact) mass is 801 g/mol. The zero-order valence-corrected chi connectivity index (χ0v) is 31.9. The second-order valence-electron chi connectivity index (χ2n) is 15.9. The van der Waals surface area contributed by atoms with Crippen molar-refractivity contribution in [3.8, 4) is 22.9 Å². The lowest BCUT2D eigenvalue weighted by Gasteiger charge is -2.54. The molecule has 1 amide bonds. The number of H-pyrrole nitrogens is 1. The lowest BCUT2D eigenvalue weighted by Crippen LogP contribution is -2.62. The van der Waals surface area contributed by atoms with E-state index in [1.54, 1.807) is 13.3 Å². The van der Waals surface area contributed by atoms with Crippen molar-refractivity contribution in [2.24, 2.45) is 5.41 Å². The van der Waals surface area contributed by atoms with Crippen molar-refractivity contribution < 1.29 is 45.3 Å². The summed E-state index contributed by atoms with van der Waals surface area (Å²) in [6, 6.07) is 5.81. The van der Waals surface area contributed by atoms with E-state index in [2.05, 4.69) is 21.7 Å². The molecule has 3 saturated heterocycles. The molecule has 1 aliphatic carbocycles. The van der Waals surface area contributed by atoms with Crippen LogP contribution in [0.4, 0.5) is 32.2 Å². The Labute approximate surface area is 325 Å². The van der Waals surface area contributed by atoms with E-state index in [1.807, 2.05) is 30.0 Å². The summed E-state index contributed by atoms with van der Waals surface area (Å²) >= 11 is 0. The smallest absolute Gasteiger partial charge is 0.422 e. The number of rotatable bonds is 11. The van der Waals surface area contributed by atoms with Crippen LogP contribution in [-0.2, 0) is 9.53 Å². The predicted molar refractivity (Wildman–Crippen MR) is 201 cm³/mol. The van der Waals surface area contributed by atoms with Gasteiger partial charge in [-0.25, -0.2) is 0 Å². The first-order valence-corrected chi connectivity index (χ1v) is 19.3. The number of likely N-dealkylation sites (tertiary alicyclic amines) is 2. The lowest BCUT2D eigenvalue weighted by molar-refractivity contribution is -0.153. The molecular formula is C40H45F6N7O4. The highest BCUT2D eigenvalue weighted by Crippen LogP contribution is 2.53. The SMILES string of the molecule is C=C(C(=O)N1CC2(CCN(c3nc(OC4CCN(CCOC)CC4)nc4c(OCC(F)(F)F)c(-c5c(C)ccc6[nH]ncc56)c(C5CC5)cc34)CC2)C1)C(F)(F)F. The zero-order chi connectivity index (χ0) is 40.3. The fraction of sp³-hybridized carbons (Fsp3) is 0.550. The van der Waals surface area contributed by atoms with Crippen LogP contribution in [0.1, 0.15) is 55.6 Å². The van der Waals surface area contributed by atoms with Gasteiger partial charge in [0.05, 0.1) is 18.3 Å². The van der Waals surface area contributed by atoms with Crippen molar-refractivity contribution in [2.45, 2.75) is 69.8 Å². The molecule has 4 aromatic rings. The molecule has 0 bridgehead atoms. The van der Waals surface area contributed by atoms with Crippen LogP contribution >= 0.6 is 0 Å². The normalized spacial score (nSPS) is 19.4. The van der Waals surface area contributed by atoms with Crippen molar-refractivity contribution >= 4 is 33.5 Å². The quantitative estimate of drug-likeness (QED) is 0.123. The Kier molecular flexibility index (Phi) is 10.3. The Balaban J connectivity index is 1.20. The van der Waals surface area contributed by atoms with Crippen LogP contribution in [-0.4, -0.2) is 120 Å². The number of fused-ring (bicyclic) bond motifs is 2. The third-order valence-electron chi connectivity index (χ3n) is 11.9. The third kappa shape index (κ3) is 7.96. The number of piperidine rings is 2. The van der Waals surface area contributed by atoms with E-state index in [4.69, 9.17) is 24.2 Å². The molecule has 0 unspecified atom stereocenters. The Morgan fingerprint density at radius 3 is 2.35 bits per heavy atom. The second-order valence-corrected chi connectivity index (χ2v) is 15.9. The van der Waals surface area contributed by atoms with Gasteiger partial charge in [0.2, 0.25) is 0 Å². The van der Waals surface area contributed by atoms with Gasteiger partial charge in [-0.15, -0.1) is 0 Å². The summed E-state index contributed by atoms with van der Waals surface area (Å²) in [5, 5.41) is 8.50. The number of aromatic nitrogens is 4. The van der Waals surface area contributed by atoms with Crippen molar-refractivity contribution in [3.05, 3.63) is 47.7 Å². The third-order valence-corrected chi connectivity index (χ3v) is 11.9. The van der Waals surface area contributed by atoms with Gasteiger partial charge in [-0.05, 0) is 80.2 Å². The van der Waals surface area contributed by atoms with E-state index in [0.29, 0.717) is 67.7 Å². The maximum atomic E-state index is 14.1. The van der Waals surface area contributed by atoms with Gasteiger partial charge in [-0.3, -0.25) is 9.89 Å². The highest BCUT2D eigenvalue weighted by Gasteiger charge is 2.50. The molecule has 4 fully saturated rings. The number of benzene rings is 2. The number of hydrogen-bond acceptors (Lipinski definition) is 9. The number of anilines is 1. The lowest BCUT2D eigenvalue weighted by atomic mass is 9.71. The summed E-state index contributed by atoms with van der Waals surface area (Å²) in [6.07, 6.45) is -3.83. The number of nitrogens with one attached hydrogen (secondary N) is 1. The number of methoxy groups -OCH3 is 1. The number of aryl methyl sites for hydroxylation is 1. The first-order chi connectivity index (χ1) is 27.1. The number of carbonyl (C=O) groups excluding carboxylic acids is 1. The molecular weight excluding hydrogens is 756 g/mol. The van der Waals surface area contributed by atoms with E-state index >= 15 is 0 Å². The highest BCUT2D eigenvalue weighted by molar-refractivity contribution is 6.06. The number of nitrogens with zero attached hydrogens (tertiary/aromatic N) is 6. The van der Waals surface area contributed by atoms with Crippen LogP contribution in [0.15, 0.2) is 36.5 Å². The molecule has 17 heteroatoms. The van der Waals surface area contributed by atoms with Crippen LogP contribution in [0.25, 0.3) is 32.9 Å². The van der Waals surface area contributed by atoms with Crippen LogP contribution < -0.4 is 14.4 Å². The van der Waals surface area contributed by atoms with E-state index in [9.17, 15) is 31.1 Å². The van der Waals surface area contributed by atoms with Crippen molar-refractivity contribution in [3.63, 3.8) is 0 Å². The second kappa shape index (κ2) is 14.9. The van der Waals surface area contributed by atoms with Gasteiger partial charge >= 0.3 is 18.4 Å². The molecule has 57 heavy (non-hydrogen) atoms. The molecule has 1 N–H and O–H groups in total. The standard InChI is InChI=1S/C40H45F6N7O4/c1-23-4-7-30-29(19-47-50-30)31(23)32-27(25-5-6-25)18-28-33(34(32)56-22-39(41,42)43)48-37(57-26-8-12-51(13-9-26)16-17-55-3)49-35(28)52-14-10-38(11-15-52)20-53(21-38)36(54)24(2)40(44,45)46/h4,7,18-19,25-26H,2,5-6,8-17,20-22H2,1,3H3,(H,47,50). The van der Waals surface area contributed by atoms with Crippen LogP contribution in [0.5, 0.6) is 11.8 Å². The fourth-order valence-electron chi connectivity index (χ4n) is 8.59. The number of hydrogen-bond donors (Lipinski definition) is 1. The molecule has 4 aliphatic rings.